The van der Waals surface area contributed by atoms with Gasteiger partial charge in [-0.2, -0.15) is 5.26 Å². The Balaban J connectivity index is 1.91. The summed E-state index contributed by atoms with van der Waals surface area (Å²) < 4.78 is 19.4. The molecule has 2 aliphatic rings. The molecule has 1 aliphatic heterocycles. The molecule has 1 saturated carbocycles. The van der Waals surface area contributed by atoms with Crippen LogP contribution in [0, 0.1) is 17.1 Å². The van der Waals surface area contributed by atoms with Crippen LogP contribution in [0.4, 0.5) is 10.1 Å². The minimum atomic E-state index is -0.340. The molecule has 4 heteroatoms. The van der Waals surface area contributed by atoms with E-state index in [9.17, 15) is 4.39 Å². The molecule has 3 rings (SSSR count). The molecule has 0 amide bonds. The summed E-state index contributed by atoms with van der Waals surface area (Å²) in [5.41, 5.74) is 1.20. The summed E-state index contributed by atoms with van der Waals surface area (Å²) in [5.74, 6) is -0.340. The molecule has 0 N–H and O–H groups in total. The van der Waals surface area contributed by atoms with Gasteiger partial charge in [-0.15, -0.1) is 0 Å². The van der Waals surface area contributed by atoms with Gasteiger partial charge in [0.25, 0.3) is 0 Å². The van der Waals surface area contributed by atoms with Crippen molar-refractivity contribution in [2.75, 3.05) is 18.1 Å². The lowest BCUT2D eigenvalue weighted by Gasteiger charge is -2.45. The van der Waals surface area contributed by atoms with Crippen molar-refractivity contribution in [3.8, 4) is 6.07 Å². The predicted molar refractivity (Wildman–Crippen MR) is 70.5 cm³/mol. The van der Waals surface area contributed by atoms with Gasteiger partial charge >= 0.3 is 0 Å². The summed E-state index contributed by atoms with van der Waals surface area (Å²) >= 11 is 0. The van der Waals surface area contributed by atoms with Crippen molar-refractivity contribution in [1.82, 2.24) is 0 Å². The molecule has 1 aromatic carbocycles. The molecular formula is C15H17FN2O. The zero-order chi connectivity index (χ0) is 13.2. The maximum Gasteiger partial charge on any atom is 0.126 e. The van der Waals surface area contributed by atoms with Crippen molar-refractivity contribution < 1.29 is 9.13 Å². The van der Waals surface area contributed by atoms with E-state index in [0.717, 1.165) is 25.1 Å². The van der Waals surface area contributed by atoms with Crippen molar-refractivity contribution in [3.63, 3.8) is 0 Å². The van der Waals surface area contributed by atoms with E-state index in [4.69, 9.17) is 10.00 Å². The number of hydrogen-bond donors (Lipinski definition) is 0. The Hall–Kier alpha value is -1.60. The van der Waals surface area contributed by atoms with Crippen LogP contribution in [0.15, 0.2) is 18.2 Å². The van der Waals surface area contributed by atoms with Crippen LogP contribution in [0.1, 0.15) is 31.2 Å². The van der Waals surface area contributed by atoms with Gasteiger partial charge in [-0.3, -0.25) is 0 Å². The van der Waals surface area contributed by atoms with E-state index >= 15 is 0 Å². The molecule has 0 radical (unpaired) electrons. The third-order valence-corrected chi connectivity index (χ3v) is 4.08. The van der Waals surface area contributed by atoms with Gasteiger partial charge in [0.1, 0.15) is 5.82 Å². The standard InChI is InChI=1S/C15H17FN2O/c16-12-7-11(10-17)8-13(9-12)18-5-6-19-15-4-2-1-3-14(15)18/h7-9,14-15H,1-6H2. The van der Waals surface area contributed by atoms with E-state index in [1.165, 1.54) is 25.0 Å². The van der Waals surface area contributed by atoms with Crippen LogP contribution < -0.4 is 4.90 Å². The van der Waals surface area contributed by atoms with Crippen LogP contribution in [-0.2, 0) is 4.74 Å². The van der Waals surface area contributed by atoms with Crippen LogP contribution in [0.25, 0.3) is 0 Å². The second-order valence-corrected chi connectivity index (χ2v) is 5.26. The second-order valence-electron chi connectivity index (χ2n) is 5.26. The van der Waals surface area contributed by atoms with Gasteiger partial charge < -0.3 is 9.64 Å². The fourth-order valence-corrected chi connectivity index (χ4v) is 3.22. The molecular weight excluding hydrogens is 243 g/mol. The number of rotatable bonds is 1. The number of nitrogens with zero attached hydrogens (tertiary/aromatic N) is 2. The molecule has 3 nitrogen and oxygen atoms in total. The van der Waals surface area contributed by atoms with Crippen molar-refractivity contribution in [2.24, 2.45) is 0 Å². The fraction of sp³-hybridized carbons (Fsp3) is 0.533. The topological polar surface area (TPSA) is 36.3 Å². The molecule has 1 aliphatic carbocycles. The number of hydrogen-bond acceptors (Lipinski definition) is 3. The Morgan fingerprint density at radius 3 is 2.95 bits per heavy atom. The lowest BCUT2D eigenvalue weighted by atomic mass is 9.89. The zero-order valence-corrected chi connectivity index (χ0v) is 10.8. The van der Waals surface area contributed by atoms with Crippen LogP contribution in [0.5, 0.6) is 0 Å². The summed E-state index contributed by atoms with van der Waals surface area (Å²) in [6, 6.07) is 6.93. The van der Waals surface area contributed by atoms with Crippen LogP contribution >= 0.6 is 0 Å². The number of morpholine rings is 1. The molecule has 19 heavy (non-hydrogen) atoms. The maximum atomic E-state index is 13.6. The van der Waals surface area contributed by atoms with Gasteiger partial charge in [-0.05, 0) is 31.0 Å². The van der Waals surface area contributed by atoms with E-state index in [1.54, 1.807) is 6.07 Å². The molecule has 2 atom stereocenters. The van der Waals surface area contributed by atoms with E-state index in [-0.39, 0.29) is 11.9 Å². The van der Waals surface area contributed by atoms with Gasteiger partial charge in [0.05, 0.1) is 30.4 Å². The summed E-state index contributed by atoms with van der Waals surface area (Å²) in [5, 5.41) is 8.96. The van der Waals surface area contributed by atoms with Crippen molar-refractivity contribution in [1.29, 1.82) is 5.26 Å². The molecule has 0 spiro atoms. The smallest absolute Gasteiger partial charge is 0.126 e. The van der Waals surface area contributed by atoms with Gasteiger partial charge in [-0.25, -0.2) is 4.39 Å². The Morgan fingerprint density at radius 1 is 1.26 bits per heavy atom. The monoisotopic (exact) mass is 260 g/mol. The first kappa shape index (κ1) is 12.4. The second kappa shape index (κ2) is 5.18. The molecule has 1 heterocycles. The number of benzene rings is 1. The highest BCUT2D eigenvalue weighted by Gasteiger charge is 2.34. The lowest BCUT2D eigenvalue weighted by Crippen LogP contribution is -2.52. The van der Waals surface area contributed by atoms with Crippen LogP contribution in [0.2, 0.25) is 0 Å². The Morgan fingerprint density at radius 2 is 2.11 bits per heavy atom. The average molecular weight is 260 g/mol. The summed E-state index contributed by atoms with van der Waals surface area (Å²) in [6.45, 7) is 1.45. The normalized spacial score (nSPS) is 26.6. The summed E-state index contributed by atoms with van der Waals surface area (Å²) in [6.07, 6.45) is 4.84. The lowest BCUT2D eigenvalue weighted by molar-refractivity contribution is -0.00869. The Kier molecular flexibility index (Phi) is 3.39. The van der Waals surface area contributed by atoms with E-state index in [2.05, 4.69) is 4.90 Å². The minimum absolute atomic E-state index is 0.260. The molecule has 0 aromatic heterocycles. The van der Waals surface area contributed by atoms with Crippen molar-refractivity contribution in [2.45, 2.75) is 37.8 Å². The molecule has 1 saturated heterocycles. The third kappa shape index (κ3) is 2.43. The zero-order valence-electron chi connectivity index (χ0n) is 10.8. The number of ether oxygens (including phenoxy) is 1. The van der Waals surface area contributed by atoms with Gasteiger partial charge in [0.2, 0.25) is 0 Å². The van der Waals surface area contributed by atoms with E-state index in [0.29, 0.717) is 18.2 Å². The van der Waals surface area contributed by atoms with Crippen LogP contribution in [-0.4, -0.2) is 25.3 Å². The molecule has 2 fully saturated rings. The molecule has 0 bridgehead atoms. The van der Waals surface area contributed by atoms with Crippen LogP contribution in [0.3, 0.4) is 0 Å². The number of nitriles is 1. The first-order chi connectivity index (χ1) is 9.28. The minimum Gasteiger partial charge on any atom is -0.374 e. The molecule has 100 valence electrons. The SMILES string of the molecule is N#Cc1cc(F)cc(N2CCOC3CCCCC32)c1. The van der Waals surface area contributed by atoms with Crippen molar-refractivity contribution in [3.05, 3.63) is 29.6 Å². The Bertz CT molecular complexity index is 509. The highest BCUT2D eigenvalue weighted by atomic mass is 19.1. The molecule has 1 aromatic rings. The number of anilines is 1. The first-order valence-electron chi connectivity index (χ1n) is 6.87. The predicted octanol–water partition coefficient (Wildman–Crippen LogP) is 2.85. The first-order valence-corrected chi connectivity index (χ1v) is 6.87. The van der Waals surface area contributed by atoms with Crippen molar-refractivity contribution >= 4 is 5.69 Å². The number of fused-ring (bicyclic) bond motifs is 1. The summed E-state index contributed by atoms with van der Waals surface area (Å²) in [7, 11) is 0. The molecule has 2 unspecified atom stereocenters. The number of halogens is 1. The highest BCUT2D eigenvalue weighted by Crippen LogP contribution is 2.32. The fourth-order valence-electron chi connectivity index (χ4n) is 3.22. The highest BCUT2D eigenvalue weighted by molar-refractivity contribution is 5.53. The average Bonchev–Trinajstić information content (AvgIpc) is 2.46. The maximum absolute atomic E-state index is 13.6. The quantitative estimate of drug-likeness (QED) is 0.779. The third-order valence-electron chi connectivity index (χ3n) is 4.08. The largest absolute Gasteiger partial charge is 0.374 e. The van der Waals surface area contributed by atoms with E-state index in [1.807, 2.05) is 6.07 Å². The van der Waals surface area contributed by atoms with Gasteiger partial charge in [0.15, 0.2) is 0 Å². The van der Waals surface area contributed by atoms with Gasteiger partial charge in [-0.1, -0.05) is 12.8 Å². The Labute approximate surface area is 112 Å². The summed E-state index contributed by atoms with van der Waals surface area (Å²) in [4.78, 5) is 2.22. The van der Waals surface area contributed by atoms with Gasteiger partial charge in [0, 0.05) is 12.2 Å². The van der Waals surface area contributed by atoms with E-state index < -0.39 is 0 Å².